The molecule has 0 amide bonds. The zero-order valence-corrected chi connectivity index (χ0v) is 18.4. The minimum atomic E-state index is -0.699. The van der Waals surface area contributed by atoms with Crippen molar-refractivity contribution in [1.29, 1.82) is 0 Å². The van der Waals surface area contributed by atoms with E-state index in [2.05, 4.69) is 0 Å². The predicted octanol–water partition coefficient (Wildman–Crippen LogP) is 5.18. The molecule has 0 bridgehead atoms. The lowest BCUT2D eigenvalue weighted by molar-refractivity contribution is -0.143. The van der Waals surface area contributed by atoms with Crippen LogP contribution in [0.4, 0.5) is 4.39 Å². The van der Waals surface area contributed by atoms with Crippen LogP contribution < -0.4 is 10.3 Å². The molecule has 4 rings (SSSR count). The molecule has 1 aliphatic rings. The van der Waals surface area contributed by atoms with E-state index in [4.69, 9.17) is 4.74 Å². The summed E-state index contributed by atoms with van der Waals surface area (Å²) in [7, 11) is 0. The van der Waals surface area contributed by atoms with Crippen LogP contribution in [-0.4, -0.2) is 15.3 Å². The van der Waals surface area contributed by atoms with Gasteiger partial charge in [0, 0.05) is 13.1 Å². The van der Waals surface area contributed by atoms with Gasteiger partial charge in [-0.25, -0.2) is 9.07 Å². The zero-order chi connectivity index (χ0) is 22.3. The van der Waals surface area contributed by atoms with E-state index < -0.39 is 5.41 Å². The van der Waals surface area contributed by atoms with Crippen molar-refractivity contribution in [3.05, 3.63) is 64.2 Å². The van der Waals surface area contributed by atoms with Crippen LogP contribution in [0.5, 0.6) is 5.88 Å². The summed E-state index contributed by atoms with van der Waals surface area (Å²) >= 11 is 0. The van der Waals surface area contributed by atoms with Gasteiger partial charge >= 0.3 is 5.97 Å². The third-order valence-electron chi connectivity index (χ3n) is 5.66. The fourth-order valence-corrected chi connectivity index (χ4v) is 3.82. The number of nitrogens with zero attached hydrogens (tertiary/aromatic N) is 2. The normalized spacial score (nSPS) is 13.7. The Morgan fingerprint density at radius 3 is 2.23 bits per heavy atom. The predicted molar refractivity (Wildman–Crippen MR) is 119 cm³/mol. The van der Waals surface area contributed by atoms with Crippen LogP contribution in [0.2, 0.25) is 0 Å². The second-order valence-electron chi connectivity index (χ2n) is 9.11. The molecular weight excluding hydrogens is 395 g/mol. The van der Waals surface area contributed by atoms with Crippen molar-refractivity contribution in [2.75, 3.05) is 0 Å². The van der Waals surface area contributed by atoms with Crippen molar-refractivity contribution >= 4 is 5.97 Å². The maximum Gasteiger partial charge on any atom is 0.317 e. The fraction of sp³-hybridized carbons (Fsp3) is 0.360. The highest BCUT2D eigenvalue weighted by molar-refractivity contribution is 5.82. The molecule has 2 heterocycles. The molecule has 0 fully saturated rings. The Morgan fingerprint density at radius 2 is 1.58 bits per heavy atom. The Balaban J connectivity index is 1.90. The van der Waals surface area contributed by atoms with Crippen LogP contribution in [0.15, 0.2) is 47.3 Å². The van der Waals surface area contributed by atoms with Gasteiger partial charge in [0.1, 0.15) is 11.4 Å². The smallest absolute Gasteiger partial charge is 0.317 e. The molecule has 1 aliphatic heterocycles. The Labute approximate surface area is 181 Å². The second kappa shape index (κ2) is 7.84. The molecule has 0 spiro atoms. The number of fused-ring (bicyclic) bond motifs is 1. The summed E-state index contributed by atoms with van der Waals surface area (Å²) in [5.41, 5.74) is 2.88. The third kappa shape index (κ3) is 3.94. The van der Waals surface area contributed by atoms with Crippen molar-refractivity contribution in [1.82, 2.24) is 9.36 Å². The van der Waals surface area contributed by atoms with Gasteiger partial charge < -0.3 is 4.74 Å². The Bertz CT molecular complexity index is 1200. The number of carbonyl (C=O) groups excluding carboxylic acids is 1. The van der Waals surface area contributed by atoms with Gasteiger partial charge in [0.25, 0.3) is 5.56 Å². The minimum absolute atomic E-state index is 0.157. The van der Waals surface area contributed by atoms with Crippen molar-refractivity contribution in [2.24, 2.45) is 5.41 Å². The van der Waals surface area contributed by atoms with Gasteiger partial charge in [-0.2, -0.15) is 0 Å². The number of hydrogen-bond acceptors (Lipinski definition) is 3. The highest BCUT2D eigenvalue weighted by atomic mass is 19.1. The second-order valence-corrected chi connectivity index (χ2v) is 9.11. The maximum absolute atomic E-state index is 13.4. The largest absolute Gasteiger partial charge is 0.407 e. The Kier molecular flexibility index (Phi) is 5.33. The summed E-state index contributed by atoms with van der Waals surface area (Å²) in [6, 6.07) is 12.0. The molecule has 0 atom stereocenters. The van der Waals surface area contributed by atoms with Gasteiger partial charge in [-0.1, -0.05) is 24.3 Å². The van der Waals surface area contributed by atoms with Gasteiger partial charge in [0.05, 0.1) is 5.41 Å². The van der Waals surface area contributed by atoms with E-state index in [0.717, 1.165) is 35.1 Å². The van der Waals surface area contributed by atoms with E-state index in [1.807, 2.05) is 25.1 Å². The number of aromatic nitrogens is 2. The number of benzene rings is 2. The van der Waals surface area contributed by atoms with E-state index >= 15 is 0 Å². The molecule has 0 saturated heterocycles. The van der Waals surface area contributed by atoms with Crippen LogP contribution in [0.25, 0.3) is 22.3 Å². The number of hydrogen-bond donors (Lipinski definition) is 0. The van der Waals surface area contributed by atoms with Crippen LogP contribution >= 0.6 is 0 Å². The SMILES string of the molecule is Cc1ccc(-c2ccc(F)cc2)cc1-c1c(OC(=O)C(C)(C)C)n2n(c1=O)CCCC2. The molecule has 1 aromatic heterocycles. The number of halogens is 1. The molecule has 0 radical (unpaired) electrons. The quantitative estimate of drug-likeness (QED) is 0.547. The highest BCUT2D eigenvalue weighted by Crippen LogP contribution is 2.35. The van der Waals surface area contributed by atoms with Crippen LogP contribution in [0.3, 0.4) is 0 Å². The van der Waals surface area contributed by atoms with Crippen LogP contribution in [0.1, 0.15) is 39.2 Å². The maximum atomic E-state index is 13.4. The molecule has 6 heteroatoms. The van der Waals surface area contributed by atoms with Gasteiger partial charge in [0.2, 0.25) is 5.88 Å². The molecule has 5 nitrogen and oxygen atoms in total. The summed E-state index contributed by atoms with van der Waals surface area (Å²) in [6.07, 6.45) is 1.83. The van der Waals surface area contributed by atoms with Crippen LogP contribution in [-0.2, 0) is 17.9 Å². The number of aryl methyl sites for hydroxylation is 1. The number of esters is 1. The Morgan fingerprint density at radius 1 is 0.968 bits per heavy atom. The molecule has 0 saturated carbocycles. The first-order valence-corrected chi connectivity index (χ1v) is 10.6. The average Bonchev–Trinajstić information content (AvgIpc) is 3.00. The first-order chi connectivity index (χ1) is 14.7. The van der Waals surface area contributed by atoms with E-state index in [1.54, 1.807) is 42.3 Å². The van der Waals surface area contributed by atoms with Crippen molar-refractivity contribution in [3.63, 3.8) is 0 Å². The van der Waals surface area contributed by atoms with Gasteiger partial charge in [0.15, 0.2) is 0 Å². The molecule has 0 aliphatic carbocycles. The van der Waals surface area contributed by atoms with Crippen molar-refractivity contribution in [3.8, 4) is 28.1 Å². The van der Waals surface area contributed by atoms with E-state index in [9.17, 15) is 14.0 Å². The molecule has 0 N–H and O–H groups in total. The lowest BCUT2D eigenvalue weighted by atomic mass is 9.96. The lowest BCUT2D eigenvalue weighted by Crippen LogP contribution is -2.29. The molecule has 31 heavy (non-hydrogen) atoms. The summed E-state index contributed by atoms with van der Waals surface area (Å²) in [6.45, 7) is 8.52. The summed E-state index contributed by atoms with van der Waals surface area (Å²) in [5.74, 6) is -0.373. The molecule has 3 aromatic rings. The van der Waals surface area contributed by atoms with E-state index in [0.29, 0.717) is 24.5 Å². The topological polar surface area (TPSA) is 53.2 Å². The first kappa shape index (κ1) is 21.1. The zero-order valence-electron chi connectivity index (χ0n) is 18.4. The molecule has 0 unspecified atom stereocenters. The van der Waals surface area contributed by atoms with Gasteiger partial charge in [-0.05, 0) is 81.0 Å². The first-order valence-electron chi connectivity index (χ1n) is 10.6. The molecule has 2 aromatic carbocycles. The fourth-order valence-electron chi connectivity index (χ4n) is 3.82. The number of carbonyl (C=O) groups is 1. The number of ether oxygens (including phenoxy) is 1. The van der Waals surface area contributed by atoms with E-state index in [-0.39, 0.29) is 17.3 Å². The number of rotatable bonds is 3. The summed E-state index contributed by atoms with van der Waals surface area (Å²) in [5, 5.41) is 0. The van der Waals surface area contributed by atoms with Crippen molar-refractivity contribution in [2.45, 2.75) is 53.6 Å². The molecular formula is C25H27FN2O3. The lowest BCUT2D eigenvalue weighted by Gasteiger charge is -2.21. The van der Waals surface area contributed by atoms with Gasteiger partial charge in [-0.3, -0.25) is 14.3 Å². The average molecular weight is 423 g/mol. The van der Waals surface area contributed by atoms with Crippen LogP contribution in [0, 0.1) is 18.2 Å². The van der Waals surface area contributed by atoms with E-state index in [1.165, 1.54) is 12.1 Å². The summed E-state index contributed by atoms with van der Waals surface area (Å²) in [4.78, 5) is 26.1. The molecule has 162 valence electrons. The highest BCUT2D eigenvalue weighted by Gasteiger charge is 2.31. The standard InChI is InChI=1S/C25H27FN2O3/c1-16-7-8-18(17-9-11-19(26)12-10-17)15-20(16)21-22(29)27-13-5-6-14-28(27)23(21)31-24(30)25(2,3)4/h7-12,15H,5-6,13-14H2,1-4H3. The Hall–Kier alpha value is -3.15. The third-order valence-corrected chi connectivity index (χ3v) is 5.66. The van der Waals surface area contributed by atoms with Gasteiger partial charge in [-0.15, -0.1) is 0 Å². The monoisotopic (exact) mass is 422 g/mol. The van der Waals surface area contributed by atoms with Crippen molar-refractivity contribution < 1.29 is 13.9 Å². The summed E-state index contributed by atoms with van der Waals surface area (Å²) < 4.78 is 22.7. The minimum Gasteiger partial charge on any atom is -0.407 e.